The smallest absolute Gasteiger partial charge is 0.251 e. The zero-order valence-corrected chi connectivity index (χ0v) is 18.0. The molecule has 0 spiro atoms. The predicted octanol–water partition coefficient (Wildman–Crippen LogP) is 3.18. The maximum absolute atomic E-state index is 11.7. The Morgan fingerprint density at radius 2 is 1.86 bits per heavy atom. The van der Waals surface area contributed by atoms with Crippen LogP contribution in [0.4, 0.5) is 0 Å². The molecule has 0 bridgehead atoms. The minimum absolute atomic E-state index is 0.107. The van der Waals surface area contributed by atoms with Crippen molar-refractivity contribution < 1.29 is 9.90 Å². The highest BCUT2D eigenvalue weighted by atomic mass is 35.5. The molecule has 1 atom stereocenters. The van der Waals surface area contributed by atoms with E-state index in [0.29, 0.717) is 40.2 Å². The fourth-order valence-corrected chi connectivity index (χ4v) is 3.27. The molecule has 8 heteroatoms. The van der Waals surface area contributed by atoms with Crippen LogP contribution in [0.3, 0.4) is 0 Å². The molecular formula is C21H26Cl2N4O2. The molecule has 0 saturated carbocycles. The number of carbonyl (C=O) groups excluding carboxylic acids is 1. The van der Waals surface area contributed by atoms with Crippen molar-refractivity contribution in [3.63, 3.8) is 0 Å². The molecule has 1 amide bonds. The summed E-state index contributed by atoms with van der Waals surface area (Å²) in [7, 11) is 1.61. The molecule has 1 unspecified atom stereocenters. The van der Waals surface area contributed by atoms with Crippen LogP contribution in [0.2, 0.25) is 10.0 Å². The van der Waals surface area contributed by atoms with Crippen LogP contribution in [0.15, 0.2) is 47.5 Å². The average molecular weight is 437 g/mol. The summed E-state index contributed by atoms with van der Waals surface area (Å²) in [6, 6.07) is 12.5. The van der Waals surface area contributed by atoms with Gasteiger partial charge < -0.3 is 21.1 Å². The van der Waals surface area contributed by atoms with Crippen molar-refractivity contribution >= 4 is 35.1 Å². The second-order valence-electron chi connectivity index (χ2n) is 6.39. The van der Waals surface area contributed by atoms with Gasteiger partial charge in [-0.3, -0.25) is 9.79 Å². The van der Waals surface area contributed by atoms with E-state index in [9.17, 15) is 9.90 Å². The summed E-state index contributed by atoms with van der Waals surface area (Å²) >= 11 is 12.0. The zero-order chi connectivity index (χ0) is 21.2. The van der Waals surface area contributed by atoms with E-state index in [1.165, 1.54) is 0 Å². The number of benzene rings is 2. The summed E-state index contributed by atoms with van der Waals surface area (Å²) in [6.45, 7) is 3.45. The Balaban J connectivity index is 1.94. The van der Waals surface area contributed by atoms with Gasteiger partial charge in [-0.25, -0.2) is 0 Å². The van der Waals surface area contributed by atoms with Crippen molar-refractivity contribution in [2.24, 2.45) is 4.99 Å². The van der Waals surface area contributed by atoms with E-state index in [0.717, 1.165) is 12.0 Å². The van der Waals surface area contributed by atoms with Gasteiger partial charge in [-0.1, -0.05) is 35.3 Å². The van der Waals surface area contributed by atoms with Crippen LogP contribution in [0.1, 0.15) is 34.5 Å². The number of nitrogens with zero attached hydrogens (tertiary/aromatic N) is 1. The maximum Gasteiger partial charge on any atom is 0.251 e. The van der Waals surface area contributed by atoms with Crippen LogP contribution in [0.25, 0.3) is 0 Å². The van der Waals surface area contributed by atoms with Crippen LogP contribution in [-0.4, -0.2) is 43.7 Å². The molecule has 2 aromatic rings. The Kier molecular flexibility index (Phi) is 9.25. The number of aliphatic imine (C=N–C) groups is 1. The summed E-state index contributed by atoms with van der Waals surface area (Å²) in [4.78, 5) is 16.2. The Morgan fingerprint density at radius 3 is 2.52 bits per heavy atom. The minimum atomic E-state index is -0.814. The quantitative estimate of drug-likeness (QED) is 0.378. The zero-order valence-electron chi connectivity index (χ0n) is 16.5. The topological polar surface area (TPSA) is 85.8 Å². The van der Waals surface area contributed by atoms with Gasteiger partial charge in [-0.05, 0) is 54.8 Å². The number of hydrogen-bond acceptors (Lipinski definition) is 3. The number of aliphatic hydroxyl groups excluding tert-OH is 1. The normalized spacial score (nSPS) is 12.4. The van der Waals surface area contributed by atoms with Crippen LogP contribution in [0.5, 0.6) is 0 Å². The number of carbonyl (C=O) groups is 1. The third kappa shape index (κ3) is 7.57. The number of nitrogens with one attached hydrogen (secondary N) is 3. The second-order valence-corrected chi connectivity index (χ2v) is 7.27. The van der Waals surface area contributed by atoms with Gasteiger partial charge in [0.25, 0.3) is 5.91 Å². The fourth-order valence-electron chi connectivity index (χ4n) is 2.73. The van der Waals surface area contributed by atoms with Crippen LogP contribution < -0.4 is 16.0 Å². The highest BCUT2D eigenvalue weighted by Gasteiger charge is 2.10. The predicted molar refractivity (Wildman–Crippen MR) is 119 cm³/mol. The number of halogens is 2. The Labute approximate surface area is 181 Å². The van der Waals surface area contributed by atoms with Gasteiger partial charge in [0.15, 0.2) is 5.96 Å². The van der Waals surface area contributed by atoms with Crippen molar-refractivity contribution in [3.05, 3.63) is 69.2 Å². The summed E-state index contributed by atoms with van der Waals surface area (Å²) in [6.07, 6.45) is -0.0901. The Bertz CT molecular complexity index is 838. The van der Waals surface area contributed by atoms with Gasteiger partial charge >= 0.3 is 0 Å². The highest BCUT2D eigenvalue weighted by Crippen LogP contribution is 2.23. The summed E-state index contributed by atoms with van der Waals surface area (Å²) in [5.41, 5.74) is 2.30. The van der Waals surface area contributed by atoms with Gasteiger partial charge in [0.05, 0.1) is 12.6 Å². The van der Waals surface area contributed by atoms with Gasteiger partial charge in [0, 0.05) is 35.7 Å². The molecule has 0 aliphatic heterocycles. The third-order valence-corrected chi connectivity index (χ3v) is 4.60. The number of aliphatic hydroxyl groups is 1. The largest absolute Gasteiger partial charge is 0.386 e. The number of amides is 1. The molecule has 0 aliphatic rings. The van der Waals surface area contributed by atoms with Crippen LogP contribution >= 0.6 is 23.2 Å². The second kappa shape index (κ2) is 11.7. The van der Waals surface area contributed by atoms with Gasteiger partial charge in [0.1, 0.15) is 0 Å². The van der Waals surface area contributed by atoms with Gasteiger partial charge in [-0.15, -0.1) is 0 Å². The van der Waals surface area contributed by atoms with E-state index < -0.39 is 6.10 Å². The minimum Gasteiger partial charge on any atom is -0.386 e. The van der Waals surface area contributed by atoms with Crippen LogP contribution in [0, 0.1) is 0 Å². The first-order valence-corrected chi connectivity index (χ1v) is 10.2. The van der Waals surface area contributed by atoms with Gasteiger partial charge in [0.2, 0.25) is 0 Å². The molecule has 0 heterocycles. The van der Waals surface area contributed by atoms with Gasteiger partial charge in [-0.2, -0.15) is 0 Å². The molecule has 4 N–H and O–H groups in total. The molecule has 2 rings (SSSR count). The molecule has 2 aromatic carbocycles. The lowest BCUT2D eigenvalue weighted by Crippen LogP contribution is -2.38. The fraction of sp³-hybridized carbons (Fsp3) is 0.333. The lowest BCUT2D eigenvalue weighted by Gasteiger charge is -2.14. The molecule has 156 valence electrons. The number of rotatable bonds is 8. The number of guanidine groups is 1. The van der Waals surface area contributed by atoms with E-state index in [-0.39, 0.29) is 12.5 Å². The maximum atomic E-state index is 11.7. The van der Waals surface area contributed by atoms with Crippen molar-refractivity contribution in [1.29, 1.82) is 0 Å². The van der Waals surface area contributed by atoms with Crippen LogP contribution in [-0.2, 0) is 6.42 Å². The summed E-state index contributed by atoms with van der Waals surface area (Å²) in [5, 5.41) is 20.3. The molecule has 0 aliphatic carbocycles. The molecular weight excluding hydrogens is 411 g/mol. The first-order valence-electron chi connectivity index (χ1n) is 9.40. The standard InChI is InChI=1S/C21H26Cl2N4O2/c1-3-25-21(27-13-19(28)16-10-17(22)12-18(23)11-16)26-8-7-14-5-4-6-15(9-14)20(29)24-2/h4-6,9-12,19,28H,3,7-8,13H2,1-2H3,(H,24,29)(H2,25,26,27). The van der Waals surface area contributed by atoms with E-state index in [2.05, 4.69) is 20.9 Å². The molecule has 29 heavy (non-hydrogen) atoms. The van der Waals surface area contributed by atoms with E-state index in [4.69, 9.17) is 23.2 Å². The monoisotopic (exact) mass is 436 g/mol. The van der Waals surface area contributed by atoms with Crippen molar-refractivity contribution in [1.82, 2.24) is 16.0 Å². The molecule has 6 nitrogen and oxygen atoms in total. The van der Waals surface area contributed by atoms with E-state index >= 15 is 0 Å². The van der Waals surface area contributed by atoms with Crippen molar-refractivity contribution in [2.75, 3.05) is 26.7 Å². The molecule has 0 fully saturated rings. The van der Waals surface area contributed by atoms with Crippen molar-refractivity contribution in [3.8, 4) is 0 Å². The molecule has 0 aromatic heterocycles. The lowest BCUT2D eigenvalue weighted by atomic mass is 10.1. The first-order chi connectivity index (χ1) is 13.9. The third-order valence-electron chi connectivity index (χ3n) is 4.16. The summed E-state index contributed by atoms with van der Waals surface area (Å²) < 4.78 is 0. The van der Waals surface area contributed by atoms with Crippen molar-refractivity contribution in [2.45, 2.75) is 19.4 Å². The average Bonchev–Trinajstić information content (AvgIpc) is 2.70. The summed E-state index contributed by atoms with van der Waals surface area (Å²) in [5.74, 6) is 0.493. The van der Waals surface area contributed by atoms with E-state index in [1.54, 1.807) is 31.3 Å². The highest BCUT2D eigenvalue weighted by molar-refractivity contribution is 6.34. The first kappa shape index (κ1) is 23.0. The lowest BCUT2D eigenvalue weighted by molar-refractivity contribution is 0.0963. The Morgan fingerprint density at radius 1 is 1.14 bits per heavy atom. The van der Waals surface area contributed by atoms with E-state index in [1.807, 2.05) is 25.1 Å². The SMILES string of the molecule is CCNC(=NCC(O)c1cc(Cl)cc(Cl)c1)NCCc1cccc(C(=O)NC)c1. The molecule has 0 saturated heterocycles. The number of hydrogen-bond donors (Lipinski definition) is 4. The molecule has 0 radical (unpaired) electrons. The Hall–Kier alpha value is -2.28.